The molecule has 2 aliphatic rings. The van der Waals surface area contributed by atoms with Crippen molar-refractivity contribution in [3.63, 3.8) is 0 Å². The number of nitrogens with one attached hydrogen (secondary N) is 1. The topological polar surface area (TPSA) is 73.9 Å². The Morgan fingerprint density at radius 2 is 2.00 bits per heavy atom. The highest BCUT2D eigenvalue weighted by Gasteiger charge is 2.23. The highest BCUT2D eigenvalue weighted by atomic mass is 16.7. The predicted octanol–water partition coefficient (Wildman–Crippen LogP) is 2.87. The van der Waals surface area contributed by atoms with Gasteiger partial charge < -0.3 is 19.5 Å². The Balaban J connectivity index is 1.50. The van der Waals surface area contributed by atoms with Gasteiger partial charge in [-0.15, -0.1) is 0 Å². The fraction of sp³-hybridized carbons (Fsp3) is 0.529. The van der Waals surface area contributed by atoms with Gasteiger partial charge in [-0.25, -0.2) is 0 Å². The average molecular weight is 319 g/mol. The van der Waals surface area contributed by atoms with Crippen molar-refractivity contribution in [2.24, 2.45) is 5.92 Å². The first-order valence-electron chi connectivity index (χ1n) is 8.02. The molecule has 1 fully saturated rings. The molecule has 1 atom stereocenters. The van der Waals surface area contributed by atoms with Gasteiger partial charge in [0.2, 0.25) is 6.79 Å². The maximum atomic E-state index is 12.1. The van der Waals surface area contributed by atoms with E-state index >= 15 is 0 Å². The number of hydrogen-bond acceptors (Lipinski definition) is 5. The van der Waals surface area contributed by atoms with Crippen LogP contribution in [0.1, 0.15) is 39.0 Å². The van der Waals surface area contributed by atoms with Crippen LogP contribution in [0.5, 0.6) is 11.5 Å². The summed E-state index contributed by atoms with van der Waals surface area (Å²) < 4.78 is 15.7. The van der Waals surface area contributed by atoms with Crippen molar-refractivity contribution < 1.29 is 23.8 Å². The Bertz CT molecular complexity index is 595. The van der Waals surface area contributed by atoms with E-state index in [1.165, 1.54) is 12.8 Å². The van der Waals surface area contributed by atoms with Gasteiger partial charge in [-0.3, -0.25) is 9.59 Å². The Labute approximate surface area is 135 Å². The van der Waals surface area contributed by atoms with Crippen LogP contribution in [0.15, 0.2) is 18.2 Å². The van der Waals surface area contributed by atoms with Crippen molar-refractivity contribution in [2.45, 2.75) is 45.1 Å². The molecule has 1 aromatic carbocycles. The van der Waals surface area contributed by atoms with E-state index in [0.29, 0.717) is 29.5 Å². The van der Waals surface area contributed by atoms with Gasteiger partial charge in [0.25, 0.3) is 5.91 Å². The second kappa shape index (κ2) is 6.89. The van der Waals surface area contributed by atoms with Crippen LogP contribution < -0.4 is 14.8 Å². The number of carbonyl (C=O) groups is 2. The van der Waals surface area contributed by atoms with Crippen molar-refractivity contribution in [1.82, 2.24) is 0 Å². The summed E-state index contributed by atoms with van der Waals surface area (Å²) in [4.78, 5) is 24.0. The molecule has 1 aliphatic carbocycles. The van der Waals surface area contributed by atoms with Gasteiger partial charge >= 0.3 is 5.97 Å². The summed E-state index contributed by atoms with van der Waals surface area (Å²) in [5, 5.41) is 2.72. The highest BCUT2D eigenvalue weighted by Crippen LogP contribution is 2.34. The molecule has 1 N–H and O–H groups in total. The number of anilines is 1. The molecule has 23 heavy (non-hydrogen) atoms. The van der Waals surface area contributed by atoms with Crippen LogP contribution in [0.25, 0.3) is 0 Å². The van der Waals surface area contributed by atoms with Crippen LogP contribution in [0.3, 0.4) is 0 Å². The van der Waals surface area contributed by atoms with E-state index in [2.05, 4.69) is 5.32 Å². The van der Waals surface area contributed by atoms with Crippen LogP contribution >= 0.6 is 0 Å². The molecule has 0 radical (unpaired) electrons. The molecule has 1 saturated carbocycles. The van der Waals surface area contributed by atoms with Crippen LogP contribution in [0, 0.1) is 5.92 Å². The normalized spacial score (nSPS) is 17.8. The minimum Gasteiger partial charge on any atom is -0.454 e. The van der Waals surface area contributed by atoms with Crippen molar-refractivity contribution >= 4 is 17.6 Å². The van der Waals surface area contributed by atoms with E-state index in [9.17, 15) is 9.59 Å². The fourth-order valence-electron chi connectivity index (χ4n) is 2.97. The van der Waals surface area contributed by atoms with E-state index in [1.54, 1.807) is 25.1 Å². The minimum atomic E-state index is -0.825. The maximum Gasteiger partial charge on any atom is 0.306 e. The smallest absolute Gasteiger partial charge is 0.306 e. The van der Waals surface area contributed by atoms with Gasteiger partial charge in [-0.1, -0.05) is 12.8 Å². The number of rotatable bonds is 5. The molecular formula is C17H21NO5. The fourth-order valence-corrected chi connectivity index (χ4v) is 2.97. The zero-order valence-electron chi connectivity index (χ0n) is 13.2. The first-order chi connectivity index (χ1) is 11.1. The summed E-state index contributed by atoms with van der Waals surface area (Å²) in [6.07, 6.45) is 4.09. The van der Waals surface area contributed by atoms with Crippen LogP contribution in [0.4, 0.5) is 5.69 Å². The summed E-state index contributed by atoms with van der Waals surface area (Å²) >= 11 is 0. The molecule has 1 heterocycles. The molecular weight excluding hydrogens is 298 g/mol. The van der Waals surface area contributed by atoms with Crippen LogP contribution in [0.2, 0.25) is 0 Å². The Hall–Kier alpha value is -2.24. The minimum absolute atomic E-state index is 0.182. The third-order valence-electron chi connectivity index (χ3n) is 4.25. The third-order valence-corrected chi connectivity index (χ3v) is 4.25. The monoisotopic (exact) mass is 319 g/mol. The lowest BCUT2D eigenvalue weighted by atomic mass is 10.0. The van der Waals surface area contributed by atoms with Crippen molar-refractivity contribution in [1.29, 1.82) is 0 Å². The number of ether oxygens (including phenoxy) is 3. The summed E-state index contributed by atoms with van der Waals surface area (Å²) in [7, 11) is 0. The molecule has 0 aromatic heterocycles. The number of fused-ring (bicyclic) bond motifs is 1. The number of benzene rings is 1. The molecule has 1 aromatic rings. The second-order valence-electron chi connectivity index (χ2n) is 6.04. The summed E-state index contributed by atoms with van der Waals surface area (Å²) in [5.74, 6) is 0.994. The van der Waals surface area contributed by atoms with Crippen LogP contribution in [-0.2, 0) is 14.3 Å². The maximum absolute atomic E-state index is 12.1. The molecule has 3 rings (SSSR count). The lowest BCUT2D eigenvalue weighted by Crippen LogP contribution is -2.30. The largest absolute Gasteiger partial charge is 0.454 e. The van der Waals surface area contributed by atoms with Crippen molar-refractivity contribution in [3.8, 4) is 11.5 Å². The predicted molar refractivity (Wildman–Crippen MR) is 83.3 cm³/mol. The molecule has 0 spiro atoms. The lowest BCUT2D eigenvalue weighted by Gasteiger charge is -2.15. The van der Waals surface area contributed by atoms with Gasteiger partial charge in [0.1, 0.15) is 0 Å². The number of carbonyl (C=O) groups excluding carboxylic acids is 2. The molecule has 124 valence electrons. The first kappa shape index (κ1) is 15.6. The van der Waals surface area contributed by atoms with Gasteiger partial charge in [0, 0.05) is 18.2 Å². The first-order valence-corrected chi connectivity index (χ1v) is 8.02. The van der Waals surface area contributed by atoms with E-state index in [0.717, 1.165) is 12.8 Å². The standard InChI is InChI=1S/C17H21NO5/c1-11(23-16(19)8-12-4-2-3-5-12)17(20)18-13-6-7-14-15(9-13)22-10-21-14/h6-7,9,11-12H,2-5,8,10H2,1H3,(H,18,20)/t11-/m0/s1. The SMILES string of the molecule is C[C@H](OC(=O)CC1CCCC1)C(=O)Nc1ccc2c(c1)OCO2. The number of hydrogen-bond donors (Lipinski definition) is 1. The van der Waals surface area contributed by atoms with Gasteiger partial charge in [-0.2, -0.15) is 0 Å². The molecule has 0 bridgehead atoms. The Kier molecular flexibility index (Phi) is 4.69. The van der Waals surface area contributed by atoms with E-state index in [1.807, 2.05) is 0 Å². The van der Waals surface area contributed by atoms with Crippen molar-refractivity contribution in [3.05, 3.63) is 18.2 Å². The Morgan fingerprint density at radius 3 is 2.78 bits per heavy atom. The van der Waals surface area contributed by atoms with Crippen LogP contribution in [-0.4, -0.2) is 24.8 Å². The number of amides is 1. The molecule has 1 aliphatic heterocycles. The zero-order chi connectivity index (χ0) is 16.2. The molecule has 0 saturated heterocycles. The van der Waals surface area contributed by atoms with Gasteiger partial charge in [-0.05, 0) is 37.8 Å². The average Bonchev–Trinajstić information content (AvgIpc) is 3.17. The van der Waals surface area contributed by atoms with Gasteiger partial charge in [0.05, 0.1) is 0 Å². The quantitative estimate of drug-likeness (QED) is 0.845. The molecule has 6 heteroatoms. The number of esters is 1. The zero-order valence-corrected chi connectivity index (χ0v) is 13.2. The van der Waals surface area contributed by atoms with E-state index in [4.69, 9.17) is 14.2 Å². The summed E-state index contributed by atoms with van der Waals surface area (Å²) in [5.41, 5.74) is 0.581. The summed E-state index contributed by atoms with van der Waals surface area (Å²) in [6.45, 7) is 1.76. The molecule has 1 amide bonds. The lowest BCUT2D eigenvalue weighted by molar-refractivity contribution is -0.154. The molecule has 0 unspecified atom stereocenters. The second-order valence-corrected chi connectivity index (χ2v) is 6.04. The third kappa shape index (κ3) is 3.94. The van der Waals surface area contributed by atoms with E-state index in [-0.39, 0.29) is 18.7 Å². The van der Waals surface area contributed by atoms with Gasteiger partial charge in [0.15, 0.2) is 17.6 Å². The summed E-state index contributed by atoms with van der Waals surface area (Å²) in [6, 6.07) is 5.14. The molecule has 6 nitrogen and oxygen atoms in total. The Morgan fingerprint density at radius 1 is 1.26 bits per heavy atom. The highest BCUT2D eigenvalue weighted by molar-refractivity contribution is 5.95. The van der Waals surface area contributed by atoms with Crippen molar-refractivity contribution in [2.75, 3.05) is 12.1 Å². The van der Waals surface area contributed by atoms with E-state index < -0.39 is 6.10 Å².